The molecule has 2 aromatic carbocycles. The Morgan fingerprint density at radius 2 is 1.66 bits per heavy atom. The lowest BCUT2D eigenvalue weighted by molar-refractivity contribution is -0.141. The van der Waals surface area contributed by atoms with Gasteiger partial charge in [0, 0.05) is 22.3 Å². The Bertz CT molecular complexity index is 1650. The van der Waals surface area contributed by atoms with E-state index in [2.05, 4.69) is 26.0 Å². The molecule has 0 atom stereocenters. The van der Waals surface area contributed by atoms with E-state index in [0.717, 1.165) is 17.1 Å². The van der Waals surface area contributed by atoms with E-state index in [1.807, 2.05) is 5.32 Å². The second-order valence-electron chi connectivity index (χ2n) is 8.17. The second kappa shape index (κ2) is 9.69. The minimum atomic E-state index is -5.01. The Hall–Kier alpha value is -3.46. The van der Waals surface area contributed by atoms with E-state index in [9.17, 15) is 39.6 Å². The van der Waals surface area contributed by atoms with Crippen LogP contribution in [0.1, 0.15) is 27.3 Å². The van der Waals surface area contributed by atoms with Gasteiger partial charge in [-0.3, -0.25) is 9.48 Å². The van der Waals surface area contributed by atoms with Crippen molar-refractivity contribution in [2.24, 2.45) is 0 Å². The minimum Gasteiger partial charge on any atom is -0.319 e. The molecule has 7 nitrogen and oxygen atoms in total. The lowest BCUT2D eigenvalue weighted by Gasteiger charge is -2.13. The van der Waals surface area contributed by atoms with E-state index in [0.29, 0.717) is 16.1 Å². The fraction of sp³-hybridized carbons (Fsp3) is 0.174. The first-order valence-electron chi connectivity index (χ1n) is 10.4. The summed E-state index contributed by atoms with van der Waals surface area (Å²) in [4.78, 5) is 16.5. The lowest BCUT2D eigenvalue weighted by Crippen LogP contribution is -2.18. The first kappa shape index (κ1) is 27.6. The number of carbonyl (C=O) groups excluding carboxylic acids is 1. The summed E-state index contributed by atoms with van der Waals surface area (Å²) in [5.41, 5.74) is -3.94. The number of alkyl halides is 6. The maximum Gasteiger partial charge on any atom is 0.437 e. The number of rotatable bonds is 5. The Balaban J connectivity index is 1.71. The van der Waals surface area contributed by atoms with Crippen LogP contribution in [0.25, 0.3) is 10.9 Å². The van der Waals surface area contributed by atoms with Gasteiger partial charge in [0.05, 0.1) is 28.2 Å². The van der Waals surface area contributed by atoms with Gasteiger partial charge in [0.2, 0.25) is 0 Å². The SMILES string of the molecule is CS(=O)(=O)c1ccc(Cn2cc(NC(=O)c3cc(C(F)(F)F)nc4ccc(Br)cc34)c(C(F)(F)F)n2)cc1. The van der Waals surface area contributed by atoms with Gasteiger partial charge in [0.1, 0.15) is 5.69 Å². The zero-order chi connectivity index (χ0) is 28.0. The van der Waals surface area contributed by atoms with Crippen molar-refractivity contribution in [2.45, 2.75) is 23.8 Å². The zero-order valence-electron chi connectivity index (χ0n) is 19.0. The third kappa shape index (κ3) is 5.99. The van der Waals surface area contributed by atoms with Crippen molar-refractivity contribution in [3.63, 3.8) is 0 Å². The third-order valence-electron chi connectivity index (χ3n) is 5.28. The summed E-state index contributed by atoms with van der Waals surface area (Å²) in [6.45, 7) is -0.216. The van der Waals surface area contributed by atoms with Crippen LogP contribution in [-0.2, 0) is 28.7 Å². The molecular weight excluding hydrogens is 606 g/mol. The van der Waals surface area contributed by atoms with E-state index in [4.69, 9.17) is 0 Å². The van der Waals surface area contributed by atoms with Gasteiger partial charge < -0.3 is 5.32 Å². The number of aromatic nitrogens is 3. The van der Waals surface area contributed by atoms with Gasteiger partial charge in [0.15, 0.2) is 15.5 Å². The summed E-state index contributed by atoms with van der Waals surface area (Å²) < 4.78 is 106. The molecule has 0 aliphatic heterocycles. The smallest absolute Gasteiger partial charge is 0.319 e. The number of benzene rings is 2. The van der Waals surface area contributed by atoms with Crippen LogP contribution < -0.4 is 5.32 Å². The summed E-state index contributed by atoms with van der Waals surface area (Å²) >= 11 is 3.15. The van der Waals surface area contributed by atoms with E-state index >= 15 is 0 Å². The number of hydrogen-bond acceptors (Lipinski definition) is 5. The summed E-state index contributed by atoms with van der Waals surface area (Å²) in [5, 5.41) is 5.50. The molecule has 2 heterocycles. The molecule has 1 amide bonds. The zero-order valence-corrected chi connectivity index (χ0v) is 21.4. The van der Waals surface area contributed by atoms with E-state index in [1.54, 1.807) is 0 Å². The normalized spacial score (nSPS) is 12.6. The van der Waals surface area contributed by atoms with Crippen LogP contribution in [0.4, 0.5) is 32.0 Å². The van der Waals surface area contributed by atoms with Crippen molar-refractivity contribution in [3.05, 3.63) is 81.7 Å². The minimum absolute atomic E-state index is 0.0140. The molecule has 4 aromatic rings. The molecule has 0 spiro atoms. The summed E-state index contributed by atoms with van der Waals surface area (Å²) in [7, 11) is -3.48. The van der Waals surface area contributed by atoms with Gasteiger partial charge in [-0.25, -0.2) is 13.4 Å². The molecule has 4 rings (SSSR count). The summed E-state index contributed by atoms with van der Waals surface area (Å²) in [6.07, 6.45) is -8.03. The van der Waals surface area contributed by atoms with Crippen molar-refractivity contribution in [1.82, 2.24) is 14.8 Å². The average molecular weight is 621 g/mol. The third-order valence-corrected chi connectivity index (χ3v) is 6.90. The van der Waals surface area contributed by atoms with Gasteiger partial charge in [-0.15, -0.1) is 0 Å². The number of hydrogen-bond donors (Lipinski definition) is 1. The Morgan fingerprint density at radius 1 is 1.00 bits per heavy atom. The average Bonchev–Trinajstić information content (AvgIpc) is 3.20. The lowest BCUT2D eigenvalue weighted by atomic mass is 10.1. The van der Waals surface area contributed by atoms with Crippen LogP contribution in [0.2, 0.25) is 0 Å². The van der Waals surface area contributed by atoms with Crippen LogP contribution in [0.5, 0.6) is 0 Å². The highest BCUT2D eigenvalue weighted by molar-refractivity contribution is 9.10. The highest BCUT2D eigenvalue weighted by atomic mass is 79.9. The number of nitrogens with zero attached hydrogens (tertiary/aromatic N) is 3. The Kier molecular flexibility index (Phi) is 7.03. The number of nitrogens with one attached hydrogen (secondary N) is 1. The molecule has 38 heavy (non-hydrogen) atoms. The first-order valence-corrected chi connectivity index (χ1v) is 13.1. The first-order chi connectivity index (χ1) is 17.5. The molecule has 0 saturated carbocycles. The molecule has 15 heteroatoms. The molecule has 0 aliphatic carbocycles. The highest BCUT2D eigenvalue weighted by Crippen LogP contribution is 2.35. The quantitative estimate of drug-likeness (QED) is 0.279. The maximum absolute atomic E-state index is 13.7. The van der Waals surface area contributed by atoms with Crippen LogP contribution in [0, 0.1) is 0 Å². The van der Waals surface area contributed by atoms with E-state index in [-0.39, 0.29) is 22.3 Å². The van der Waals surface area contributed by atoms with Crippen molar-refractivity contribution in [1.29, 1.82) is 0 Å². The number of fused-ring (bicyclic) bond motifs is 1. The van der Waals surface area contributed by atoms with Gasteiger partial charge in [-0.05, 0) is 42.0 Å². The molecule has 0 fully saturated rings. The largest absolute Gasteiger partial charge is 0.437 e. The number of anilines is 1. The van der Waals surface area contributed by atoms with Gasteiger partial charge >= 0.3 is 12.4 Å². The molecule has 0 aliphatic rings. The number of amides is 1. The highest BCUT2D eigenvalue weighted by Gasteiger charge is 2.38. The fourth-order valence-electron chi connectivity index (χ4n) is 3.55. The molecule has 0 bridgehead atoms. The molecule has 0 saturated heterocycles. The number of carbonyl (C=O) groups is 1. The maximum atomic E-state index is 13.7. The predicted octanol–water partition coefficient (Wildman–Crippen LogP) is 5.94. The molecule has 1 N–H and O–H groups in total. The standard InChI is InChI=1S/C23H15BrF6N4O3S/c1-38(36,37)14-5-2-12(3-6-14)10-34-11-18(20(33-34)23(28,29)30)32-21(35)16-9-19(22(25,26)27)31-17-7-4-13(24)8-15(16)17/h2-9,11H,10H2,1H3,(H,32,35). The van der Waals surface area contributed by atoms with Crippen molar-refractivity contribution < 1.29 is 39.6 Å². The molecule has 0 unspecified atom stereocenters. The van der Waals surface area contributed by atoms with Crippen molar-refractivity contribution in [2.75, 3.05) is 11.6 Å². The van der Waals surface area contributed by atoms with Crippen LogP contribution in [0.15, 0.2) is 64.1 Å². The number of halogens is 7. The van der Waals surface area contributed by atoms with Crippen LogP contribution >= 0.6 is 15.9 Å². The number of sulfone groups is 1. The molecule has 2 aromatic heterocycles. The van der Waals surface area contributed by atoms with Crippen LogP contribution in [0.3, 0.4) is 0 Å². The topological polar surface area (TPSA) is 94.0 Å². The van der Waals surface area contributed by atoms with E-state index < -0.39 is 50.7 Å². The predicted molar refractivity (Wildman–Crippen MR) is 128 cm³/mol. The fourth-order valence-corrected chi connectivity index (χ4v) is 4.54. The Morgan fingerprint density at radius 3 is 2.24 bits per heavy atom. The van der Waals surface area contributed by atoms with Gasteiger partial charge in [0.25, 0.3) is 5.91 Å². The Labute approximate surface area is 219 Å². The van der Waals surface area contributed by atoms with Crippen molar-refractivity contribution >= 4 is 48.3 Å². The molecule has 0 radical (unpaired) electrons. The molecular formula is C23H15BrF6N4O3S. The monoisotopic (exact) mass is 620 g/mol. The van der Waals surface area contributed by atoms with Gasteiger partial charge in [-0.1, -0.05) is 28.1 Å². The summed E-state index contributed by atoms with van der Waals surface area (Å²) in [5.74, 6) is -1.23. The van der Waals surface area contributed by atoms with Crippen LogP contribution in [-0.4, -0.2) is 35.3 Å². The molecule has 200 valence electrons. The van der Waals surface area contributed by atoms with E-state index in [1.165, 1.54) is 42.5 Å². The van der Waals surface area contributed by atoms with Gasteiger partial charge in [-0.2, -0.15) is 31.4 Å². The summed E-state index contributed by atoms with van der Waals surface area (Å²) in [6, 6.07) is 9.78. The second-order valence-corrected chi connectivity index (χ2v) is 11.1. The number of pyridine rings is 1. The van der Waals surface area contributed by atoms with Crippen molar-refractivity contribution in [3.8, 4) is 0 Å².